The van der Waals surface area contributed by atoms with Crippen molar-refractivity contribution in [3.63, 3.8) is 0 Å². The third-order valence-electron chi connectivity index (χ3n) is 5.56. The zero-order valence-corrected chi connectivity index (χ0v) is 19.7. The van der Waals surface area contributed by atoms with Gasteiger partial charge in [0.05, 0.1) is 33.5 Å². The van der Waals surface area contributed by atoms with Crippen molar-refractivity contribution in [3.8, 4) is 34.4 Å². The molecule has 1 amide bonds. The van der Waals surface area contributed by atoms with E-state index in [2.05, 4.69) is 10.3 Å². The van der Waals surface area contributed by atoms with Crippen LogP contribution >= 0.6 is 0 Å². The Labute approximate surface area is 197 Å². The topological polar surface area (TPSA) is 123 Å². The number of amides is 1. The predicted molar refractivity (Wildman–Crippen MR) is 126 cm³/mol. The number of primary amides is 1. The Bertz CT molecular complexity index is 1270. The predicted octanol–water partition coefficient (Wildman–Crippen LogP) is 3.14. The molecule has 0 aliphatic carbocycles. The molecule has 178 valence electrons. The summed E-state index contributed by atoms with van der Waals surface area (Å²) in [7, 11) is 4.71. The van der Waals surface area contributed by atoms with Crippen LogP contribution in [0.1, 0.15) is 25.5 Å². The van der Waals surface area contributed by atoms with Gasteiger partial charge in [-0.3, -0.25) is 4.79 Å². The molecule has 0 saturated heterocycles. The monoisotopic (exact) mass is 465 g/mol. The van der Waals surface area contributed by atoms with Crippen LogP contribution in [0.4, 0.5) is 5.95 Å². The normalized spacial score (nSPS) is 14.8. The molecule has 10 heteroatoms. The Hall–Kier alpha value is -4.21. The number of aromatic nitrogens is 3. The van der Waals surface area contributed by atoms with Crippen molar-refractivity contribution in [1.82, 2.24) is 14.8 Å². The highest BCUT2D eigenvalue weighted by molar-refractivity contribution is 5.95. The molecular formula is C24H27N5O5. The van der Waals surface area contributed by atoms with Crippen LogP contribution < -0.4 is 30.0 Å². The summed E-state index contributed by atoms with van der Waals surface area (Å²) in [5.74, 6) is 2.67. The molecule has 1 aliphatic rings. The summed E-state index contributed by atoms with van der Waals surface area (Å²) in [6, 6.07) is 10.3. The van der Waals surface area contributed by atoms with Gasteiger partial charge in [-0.05, 0) is 49.7 Å². The van der Waals surface area contributed by atoms with Crippen molar-refractivity contribution in [2.24, 2.45) is 5.73 Å². The van der Waals surface area contributed by atoms with Gasteiger partial charge >= 0.3 is 0 Å². The van der Waals surface area contributed by atoms with Gasteiger partial charge in [0.15, 0.2) is 28.8 Å². The van der Waals surface area contributed by atoms with E-state index in [-0.39, 0.29) is 0 Å². The smallest absolute Gasteiger partial charge is 0.248 e. The van der Waals surface area contributed by atoms with E-state index in [1.54, 1.807) is 51.1 Å². The Morgan fingerprint density at radius 1 is 1.03 bits per heavy atom. The number of nitrogens with one attached hydrogen (secondary N) is 1. The molecule has 0 saturated carbocycles. The molecule has 2 heterocycles. The molecule has 1 aromatic heterocycles. The highest BCUT2D eigenvalue weighted by atomic mass is 16.5. The number of nitrogens with zero attached hydrogens (tertiary/aromatic N) is 3. The molecule has 10 nitrogen and oxygen atoms in total. The number of allylic oxidation sites excluding steroid dienone is 1. The number of hydrogen-bond donors (Lipinski definition) is 2. The number of hydrogen-bond acceptors (Lipinski definition) is 8. The fraction of sp³-hybridized carbons (Fsp3) is 0.292. The van der Waals surface area contributed by atoms with Crippen LogP contribution in [-0.4, -0.2) is 48.6 Å². The van der Waals surface area contributed by atoms with Crippen molar-refractivity contribution >= 4 is 11.9 Å². The van der Waals surface area contributed by atoms with Crippen LogP contribution in [0.15, 0.2) is 47.7 Å². The van der Waals surface area contributed by atoms with Gasteiger partial charge in [-0.15, -0.1) is 5.10 Å². The van der Waals surface area contributed by atoms with Gasteiger partial charge in [0, 0.05) is 11.3 Å². The summed E-state index contributed by atoms with van der Waals surface area (Å²) < 4.78 is 23.5. The third-order valence-corrected chi connectivity index (χ3v) is 5.56. The van der Waals surface area contributed by atoms with Crippen molar-refractivity contribution in [3.05, 3.63) is 53.2 Å². The highest BCUT2D eigenvalue weighted by Crippen LogP contribution is 2.40. The van der Waals surface area contributed by atoms with Gasteiger partial charge in [-0.25, -0.2) is 4.68 Å². The lowest BCUT2D eigenvalue weighted by Crippen LogP contribution is -2.31. The molecule has 34 heavy (non-hydrogen) atoms. The number of carbonyl (C=O) groups excluding carboxylic acids is 1. The lowest BCUT2D eigenvalue weighted by atomic mass is 9.95. The maximum atomic E-state index is 12.5. The third kappa shape index (κ3) is 3.98. The molecule has 0 radical (unpaired) electrons. The van der Waals surface area contributed by atoms with E-state index in [9.17, 15) is 4.79 Å². The van der Waals surface area contributed by atoms with Gasteiger partial charge in [0.25, 0.3) is 0 Å². The van der Waals surface area contributed by atoms with Crippen molar-refractivity contribution in [1.29, 1.82) is 0 Å². The first-order valence-corrected chi connectivity index (χ1v) is 10.7. The van der Waals surface area contributed by atoms with Gasteiger partial charge < -0.3 is 30.0 Å². The average Bonchev–Trinajstić information content (AvgIpc) is 3.26. The summed E-state index contributed by atoms with van der Waals surface area (Å²) >= 11 is 0. The fourth-order valence-electron chi connectivity index (χ4n) is 4.00. The number of anilines is 1. The molecule has 0 fully saturated rings. The van der Waals surface area contributed by atoms with E-state index in [4.69, 9.17) is 29.8 Å². The number of nitrogens with two attached hydrogens (primary N) is 1. The minimum atomic E-state index is -0.611. The summed E-state index contributed by atoms with van der Waals surface area (Å²) in [6.45, 7) is 4.18. The standard InChI is InChI=1S/C24H27N5O5/c1-6-34-17-10-7-14(11-19(17)33-5)21-20(22(25)30)13(2)26-24-27-23(28-29(21)24)15-8-9-16(31-3)18(12-15)32-4/h7-12,21H,6H2,1-5H3,(H2,25,30)(H,26,27,28). The second-order valence-corrected chi connectivity index (χ2v) is 7.55. The molecule has 1 atom stereocenters. The Morgan fingerprint density at radius 3 is 2.35 bits per heavy atom. The Morgan fingerprint density at radius 2 is 1.71 bits per heavy atom. The number of ether oxygens (including phenoxy) is 4. The van der Waals surface area contributed by atoms with Crippen LogP contribution in [0.3, 0.4) is 0 Å². The number of rotatable bonds is 8. The van der Waals surface area contributed by atoms with E-state index in [1.807, 2.05) is 25.1 Å². The Kier molecular flexibility index (Phi) is 6.31. The zero-order chi connectivity index (χ0) is 24.4. The molecule has 4 rings (SSSR count). The highest BCUT2D eigenvalue weighted by Gasteiger charge is 2.34. The molecule has 3 N–H and O–H groups in total. The minimum Gasteiger partial charge on any atom is -0.493 e. The molecule has 2 aromatic carbocycles. The maximum absolute atomic E-state index is 12.5. The summed E-state index contributed by atoms with van der Waals surface area (Å²) in [4.78, 5) is 17.2. The number of benzene rings is 2. The first-order chi connectivity index (χ1) is 16.4. The summed E-state index contributed by atoms with van der Waals surface area (Å²) in [5, 5.41) is 7.87. The van der Waals surface area contributed by atoms with E-state index >= 15 is 0 Å². The second-order valence-electron chi connectivity index (χ2n) is 7.55. The molecule has 3 aromatic rings. The van der Waals surface area contributed by atoms with Crippen molar-refractivity contribution in [2.75, 3.05) is 33.3 Å². The number of methoxy groups -OCH3 is 3. The van der Waals surface area contributed by atoms with E-state index in [0.717, 1.165) is 11.1 Å². The first-order valence-electron chi connectivity index (χ1n) is 10.7. The lowest BCUT2D eigenvalue weighted by molar-refractivity contribution is -0.115. The largest absolute Gasteiger partial charge is 0.493 e. The quantitative estimate of drug-likeness (QED) is 0.520. The molecule has 0 bridgehead atoms. The van der Waals surface area contributed by atoms with E-state index < -0.39 is 11.9 Å². The molecular weight excluding hydrogens is 438 g/mol. The lowest BCUT2D eigenvalue weighted by Gasteiger charge is -2.28. The maximum Gasteiger partial charge on any atom is 0.248 e. The van der Waals surface area contributed by atoms with Gasteiger partial charge in [-0.2, -0.15) is 4.98 Å². The van der Waals surface area contributed by atoms with Gasteiger partial charge in [0.2, 0.25) is 11.9 Å². The zero-order valence-electron chi connectivity index (χ0n) is 19.7. The van der Waals surface area contributed by atoms with Gasteiger partial charge in [-0.1, -0.05) is 6.07 Å². The fourth-order valence-corrected chi connectivity index (χ4v) is 4.00. The van der Waals surface area contributed by atoms with Crippen LogP contribution in [0.2, 0.25) is 0 Å². The van der Waals surface area contributed by atoms with Crippen molar-refractivity contribution in [2.45, 2.75) is 19.9 Å². The second kappa shape index (κ2) is 9.34. The summed E-state index contributed by atoms with van der Waals surface area (Å²) in [5.41, 5.74) is 8.25. The van der Waals surface area contributed by atoms with Crippen LogP contribution in [0.25, 0.3) is 11.4 Å². The van der Waals surface area contributed by atoms with Crippen LogP contribution in [0.5, 0.6) is 23.0 Å². The van der Waals surface area contributed by atoms with Crippen molar-refractivity contribution < 1.29 is 23.7 Å². The SMILES string of the molecule is CCOc1ccc(C2C(C(N)=O)=C(C)Nc3nc(-c4ccc(OC)c(OC)c4)nn32)cc1OC. The van der Waals surface area contributed by atoms with Crippen LogP contribution in [-0.2, 0) is 4.79 Å². The molecule has 1 aliphatic heterocycles. The molecule has 1 unspecified atom stereocenters. The molecule has 0 spiro atoms. The first kappa shape index (κ1) is 23.0. The number of fused-ring (bicyclic) bond motifs is 1. The number of carbonyl (C=O) groups is 1. The average molecular weight is 466 g/mol. The Balaban J connectivity index is 1.85. The van der Waals surface area contributed by atoms with E-state index in [0.29, 0.717) is 52.6 Å². The van der Waals surface area contributed by atoms with E-state index in [1.165, 1.54) is 0 Å². The van der Waals surface area contributed by atoms with Crippen LogP contribution in [0, 0.1) is 0 Å². The minimum absolute atomic E-state index is 0.377. The summed E-state index contributed by atoms with van der Waals surface area (Å²) in [6.07, 6.45) is 0. The van der Waals surface area contributed by atoms with Gasteiger partial charge in [0.1, 0.15) is 6.04 Å².